The molecule has 0 radical (unpaired) electrons. The molecule has 0 amide bonds. The van der Waals surface area contributed by atoms with Gasteiger partial charge in [0.05, 0.1) is 0 Å². The van der Waals surface area contributed by atoms with Crippen molar-refractivity contribution in [3.63, 3.8) is 0 Å². The summed E-state index contributed by atoms with van der Waals surface area (Å²) in [5, 5.41) is 12.3. The number of aryl methyl sites for hydroxylation is 2. The van der Waals surface area contributed by atoms with Gasteiger partial charge >= 0.3 is 5.97 Å². The minimum absolute atomic E-state index is 0.388. The second-order valence-corrected chi connectivity index (χ2v) is 6.43. The second kappa shape index (κ2) is 5.75. The molecule has 1 heterocycles. The number of halogens is 1. The summed E-state index contributed by atoms with van der Waals surface area (Å²) in [6.45, 7) is 4.61. The average Bonchev–Trinajstić information content (AvgIpc) is 2.73. The quantitative estimate of drug-likeness (QED) is 0.865. The summed E-state index contributed by atoms with van der Waals surface area (Å²) in [5.74, 6) is -0.863. The Morgan fingerprint density at radius 1 is 1.37 bits per heavy atom. The highest BCUT2D eigenvalue weighted by Crippen LogP contribution is 2.24. The van der Waals surface area contributed by atoms with Gasteiger partial charge < -0.3 is 10.4 Å². The van der Waals surface area contributed by atoms with Crippen molar-refractivity contribution < 1.29 is 9.90 Å². The highest BCUT2D eigenvalue weighted by molar-refractivity contribution is 9.10. The Kier molecular flexibility index (Phi) is 4.27. The monoisotopic (exact) mass is 339 g/mol. The van der Waals surface area contributed by atoms with E-state index in [0.29, 0.717) is 11.4 Å². The first kappa shape index (κ1) is 14.1. The Labute approximate surface area is 124 Å². The SMILES string of the molecule is Cc1ccc(NCc2cc(C(=O)O)sc2C)cc1Br. The van der Waals surface area contributed by atoms with E-state index in [2.05, 4.69) is 21.2 Å². The lowest BCUT2D eigenvalue weighted by atomic mass is 10.2. The number of benzene rings is 1. The molecule has 0 atom stereocenters. The van der Waals surface area contributed by atoms with Crippen LogP contribution in [0.25, 0.3) is 0 Å². The van der Waals surface area contributed by atoms with Gasteiger partial charge in [0.15, 0.2) is 0 Å². The summed E-state index contributed by atoms with van der Waals surface area (Å²) in [5.41, 5.74) is 3.23. The number of carbonyl (C=O) groups is 1. The molecule has 0 aliphatic rings. The molecule has 2 aromatic rings. The summed E-state index contributed by atoms with van der Waals surface area (Å²) in [4.78, 5) is 12.3. The Hall–Kier alpha value is -1.33. The third kappa shape index (κ3) is 3.36. The Morgan fingerprint density at radius 2 is 2.11 bits per heavy atom. The van der Waals surface area contributed by atoms with E-state index in [1.54, 1.807) is 6.07 Å². The number of thiophene rings is 1. The fourth-order valence-electron chi connectivity index (χ4n) is 1.70. The van der Waals surface area contributed by atoms with Crippen molar-refractivity contribution in [3.05, 3.63) is 49.6 Å². The fourth-order valence-corrected chi connectivity index (χ4v) is 2.96. The third-order valence-electron chi connectivity index (χ3n) is 2.89. The van der Waals surface area contributed by atoms with E-state index in [1.165, 1.54) is 16.9 Å². The first-order valence-corrected chi connectivity index (χ1v) is 7.41. The van der Waals surface area contributed by atoms with Crippen LogP contribution in [0.1, 0.15) is 25.7 Å². The maximum absolute atomic E-state index is 10.9. The summed E-state index contributed by atoms with van der Waals surface area (Å²) in [7, 11) is 0. The summed E-state index contributed by atoms with van der Waals surface area (Å²) < 4.78 is 1.06. The molecule has 0 saturated heterocycles. The average molecular weight is 340 g/mol. The third-order valence-corrected chi connectivity index (χ3v) is 4.82. The number of anilines is 1. The van der Waals surface area contributed by atoms with Crippen LogP contribution in [0.4, 0.5) is 5.69 Å². The van der Waals surface area contributed by atoms with E-state index in [9.17, 15) is 4.79 Å². The van der Waals surface area contributed by atoms with Crippen LogP contribution in [-0.2, 0) is 6.54 Å². The van der Waals surface area contributed by atoms with Crippen LogP contribution in [-0.4, -0.2) is 11.1 Å². The van der Waals surface area contributed by atoms with Crippen molar-refractivity contribution in [2.24, 2.45) is 0 Å². The molecular formula is C14H14BrNO2S. The number of hydrogen-bond acceptors (Lipinski definition) is 3. The molecular weight excluding hydrogens is 326 g/mol. The molecule has 0 saturated carbocycles. The van der Waals surface area contributed by atoms with E-state index in [1.807, 2.05) is 32.0 Å². The van der Waals surface area contributed by atoms with Gasteiger partial charge in [-0.3, -0.25) is 0 Å². The molecule has 2 N–H and O–H groups in total. The maximum Gasteiger partial charge on any atom is 0.345 e. The van der Waals surface area contributed by atoms with Crippen LogP contribution in [0.2, 0.25) is 0 Å². The molecule has 0 unspecified atom stereocenters. The van der Waals surface area contributed by atoms with Crippen LogP contribution < -0.4 is 5.32 Å². The standard InChI is InChI=1S/C14H14BrNO2S/c1-8-3-4-11(6-12(8)15)16-7-10-5-13(14(17)18)19-9(10)2/h3-6,16H,7H2,1-2H3,(H,17,18). The van der Waals surface area contributed by atoms with Crippen molar-refractivity contribution in [2.45, 2.75) is 20.4 Å². The number of nitrogens with one attached hydrogen (secondary N) is 1. The number of carboxylic acids is 1. The van der Waals surface area contributed by atoms with Crippen molar-refractivity contribution in [1.82, 2.24) is 0 Å². The lowest BCUT2D eigenvalue weighted by Crippen LogP contribution is -1.99. The molecule has 5 heteroatoms. The first-order chi connectivity index (χ1) is 8.97. The molecule has 19 heavy (non-hydrogen) atoms. The van der Waals surface area contributed by atoms with Gasteiger partial charge in [-0.05, 0) is 43.2 Å². The van der Waals surface area contributed by atoms with Gasteiger partial charge in [0.25, 0.3) is 0 Å². The maximum atomic E-state index is 10.9. The zero-order valence-corrected chi connectivity index (χ0v) is 13.1. The topological polar surface area (TPSA) is 49.3 Å². The van der Waals surface area contributed by atoms with E-state index >= 15 is 0 Å². The molecule has 0 fully saturated rings. The van der Waals surface area contributed by atoms with Crippen LogP contribution in [0.3, 0.4) is 0 Å². The predicted octanol–water partition coefficient (Wildman–Crippen LogP) is 4.44. The minimum atomic E-state index is -0.863. The molecule has 3 nitrogen and oxygen atoms in total. The zero-order valence-electron chi connectivity index (χ0n) is 10.7. The molecule has 2 rings (SSSR count). The molecule has 100 valence electrons. The molecule has 0 spiro atoms. The number of aromatic carboxylic acids is 1. The van der Waals surface area contributed by atoms with E-state index in [-0.39, 0.29) is 0 Å². The summed E-state index contributed by atoms with van der Waals surface area (Å²) in [6.07, 6.45) is 0. The van der Waals surface area contributed by atoms with Crippen LogP contribution in [0.15, 0.2) is 28.7 Å². The van der Waals surface area contributed by atoms with Gasteiger partial charge in [-0.1, -0.05) is 22.0 Å². The minimum Gasteiger partial charge on any atom is -0.477 e. The van der Waals surface area contributed by atoms with E-state index in [4.69, 9.17) is 5.11 Å². The Morgan fingerprint density at radius 3 is 2.68 bits per heavy atom. The zero-order chi connectivity index (χ0) is 14.0. The van der Waals surface area contributed by atoms with Crippen LogP contribution in [0, 0.1) is 13.8 Å². The largest absolute Gasteiger partial charge is 0.477 e. The Balaban J connectivity index is 2.09. The smallest absolute Gasteiger partial charge is 0.345 e. The number of rotatable bonds is 4. The number of hydrogen-bond donors (Lipinski definition) is 2. The highest BCUT2D eigenvalue weighted by atomic mass is 79.9. The van der Waals surface area contributed by atoms with Crippen molar-refractivity contribution >= 4 is 38.9 Å². The van der Waals surface area contributed by atoms with E-state index < -0.39 is 5.97 Å². The lowest BCUT2D eigenvalue weighted by molar-refractivity contribution is 0.0702. The van der Waals surface area contributed by atoms with Gasteiger partial charge in [0, 0.05) is 21.6 Å². The van der Waals surface area contributed by atoms with Gasteiger partial charge in [-0.25, -0.2) is 4.79 Å². The number of carboxylic acid groups (broad SMARTS) is 1. The van der Waals surface area contributed by atoms with Gasteiger partial charge in [0.1, 0.15) is 4.88 Å². The molecule has 0 aliphatic heterocycles. The second-order valence-electron chi connectivity index (χ2n) is 4.31. The fraction of sp³-hybridized carbons (Fsp3) is 0.214. The van der Waals surface area contributed by atoms with Crippen LogP contribution >= 0.6 is 27.3 Å². The highest BCUT2D eigenvalue weighted by Gasteiger charge is 2.10. The van der Waals surface area contributed by atoms with Crippen molar-refractivity contribution in [3.8, 4) is 0 Å². The van der Waals surface area contributed by atoms with Crippen LogP contribution in [0.5, 0.6) is 0 Å². The normalized spacial score (nSPS) is 10.5. The van der Waals surface area contributed by atoms with Crippen molar-refractivity contribution in [1.29, 1.82) is 0 Å². The molecule has 0 aliphatic carbocycles. The summed E-state index contributed by atoms with van der Waals surface area (Å²) in [6, 6.07) is 7.81. The molecule has 1 aromatic heterocycles. The molecule has 0 bridgehead atoms. The van der Waals surface area contributed by atoms with Gasteiger partial charge in [0.2, 0.25) is 0 Å². The van der Waals surface area contributed by atoms with Crippen molar-refractivity contribution in [2.75, 3.05) is 5.32 Å². The van der Waals surface area contributed by atoms with E-state index in [0.717, 1.165) is 20.6 Å². The van der Waals surface area contributed by atoms with Gasteiger partial charge in [-0.2, -0.15) is 0 Å². The Bertz CT molecular complexity index is 622. The lowest BCUT2D eigenvalue weighted by Gasteiger charge is -2.07. The van der Waals surface area contributed by atoms with Gasteiger partial charge in [-0.15, -0.1) is 11.3 Å². The summed E-state index contributed by atoms with van der Waals surface area (Å²) >= 11 is 4.81. The predicted molar refractivity (Wildman–Crippen MR) is 82.2 cm³/mol. The molecule has 1 aromatic carbocycles. The first-order valence-electron chi connectivity index (χ1n) is 5.80.